The van der Waals surface area contributed by atoms with Crippen LogP contribution in [0.4, 0.5) is 11.6 Å². The highest BCUT2D eigenvalue weighted by Gasteiger charge is 2.35. The molecule has 3 aromatic rings. The number of aliphatic hydroxyl groups excluding tert-OH is 1. The van der Waals surface area contributed by atoms with Gasteiger partial charge in [0.1, 0.15) is 0 Å². The Hall–Kier alpha value is -3.29. The van der Waals surface area contributed by atoms with Crippen molar-refractivity contribution in [3.8, 4) is 11.3 Å². The first-order valence-electron chi connectivity index (χ1n) is 10.1. The Balaban J connectivity index is 1.55. The molecule has 1 fully saturated rings. The van der Waals surface area contributed by atoms with E-state index in [0.29, 0.717) is 32.0 Å². The average molecular weight is 401 g/mol. The number of benzene rings is 2. The van der Waals surface area contributed by atoms with Crippen LogP contribution in [-0.4, -0.2) is 44.6 Å². The van der Waals surface area contributed by atoms with E-state index in [1.807, 2.05) is 59.5 Å². The number of nitrogens with zero attached hydrogens (tertiary/aromatic N) is 3. The topological polar surface area (TPSA) is 90.4 Å². The molecule has 1 amide bonds. The van der Waals surface area contributed by atoms with Crippen molar-refractivity contribution in [3.05, 3.63) is 71.9 Å². The summed E-state index contributed by atoms with van der Waals surface area (Å²) in [4.78, 5) is 23.9. The van der Waals surface area contributed by atoms with Crippen molar-refractivity contribution in [3.63, 3.8) is 0 Å². The van der Waals surface area contributed by atoms with E-state index in [9.17, 15) is 9.90 Å². The molecule has 3 heterocycles. The van der Waals surface area contributed by atoms with Crippen molar-refractivity contribution in [2.24, 2.45) is 0 Å². The molecule has 2 aromatic carbocycles. The fourth-order valence-corrected chi connectivity index (χ4v) is 4.17. The van der Waals surface area contributed by atoms with Gasteiger partial charge in [-0.1, -0.05) is 30.3 Å². The summed E-state index contributed by atoms with van der Waals surface area (Å²) in [7, 11) is 0. The van der Waals surface area contributed by atoms with Crippen LogP contribution >= 0.6 is 0 Å². The maximum atomic E-state index is 12.9. The van der Waals surface area contributed by atoms with Crippen LogP contribution in [-0.2, 0) is 17.9 Å². The Labute approximate surface area is 174 Å². The lowest BCUT2D eigenvalue weighted by Gasteiger charge is -2.24. The lowest BCUT2D eigenvalue weighted by molar-refractivity contribution is -0.125. The van der Waals surface area contributed by atoms with E-state index in [-0.39, 0.29) is 11.9 Å². The number of rotatable bonds is 0. The molecule has 30 heavy (non-hydrogen) atoms. The first-order valence-corrected chi connectivity index (χ1v) is 10.1. The molecule has 2 aliphatic heterocycles. The number of aliphatic hydroxyl groups is 1. The molecule has 2 aliphatic rings. The Bertz CT molecular complexity index is 1090. The standard InChI is InChI=1S/C23H23N5O2/c29-19-11-21-22(30)25-12-15-3-1-5-17(9-15)20-7-8-24-23(27-20)26-18-6-2-4-16(10-18)13-28(21)14-19/h1-10,19,21,29H,11-14H2,(H,25,30)(H,24,26,27)/t19-,21-/m0/s1. The Kier molecular flexibility index (Phi) is 4.90. The average Bonchev–Trinajstić information content (AvgIpc) is 3.12. The van der Waals surface area contributed by atoms with Crippen LogP contribution < -0.4 is 10.6 Å². The van der Waals surface area contributed by atoms with Gasteiger partial charge in [0.25, 0.3) is 0 Å². The highest BCUT2D eigenvalue weighted by Crippen LogP contribution is 2.25. The van der Waals surface area contributed by atoms with Gasteiger partial charge < -0.3 is 15.7 Å². The number of fused-ring (bicyclic) bond motifs is 8. The van der Waals surface area contributed by atoms with Crippen LogP contribution in [0.3, 0.4) is 0 Å². The first kappa shape index (κ1) is 18.7. The summed E-state index contributed by atoms with van der Waals surface area (Å²) in [5, 5.41) is 16.5. The normalized spacial score (nSPS) is 21.4. The first-order chi connectivity index (χ1) is 14.6. The Morgan fingerprint density at radius 2 is 1.93 bits per heavy atom. The molecule has 1 aromatic heterocycles. The van der Waals surface area contributed by atoms with Crippen LogP contribution in [0.2, 0.25) is 0 Å². The highest BCUT2D eigenvalue weighted by atomic mass is 16.3. The number of carbonyl (C=O) groups excluding carboxylic acids is 1. The van der Waals surface area contributed by atoms with E-state index in [0.717, 1.165) is 28.1 Å². The van der Waals surface area contributed by atoms with Crippen LogP contribution in [0.25, 0.3) is 11.3 Å². The second kappa shape index (κ2) is 7.85. The predicted octanol–water partition coefficient (Wildman–Crippen LogP) is 2.45. The zero-order valence-corrected chi connectivity index (χ0v) is 16.5. The highest BCUT2D eigenvalue weighted by molar-refractivity contribution is 5.82. The zero-order chi connectivity index (χ0) is 20.5. The third-order valence-corrected chi connectivity index (χ3v) is 5.60. The number of carbonyl (C=O) groups is 1. The lowest BCUT2D eigenvalue weighted by Crippen LogP contribution is -2.42. The van der Waals surface area contributed by atoms with Crippen molar-refractivity contribution < 1.29 is 9.90 Å². The van der Waals surface area contributed by atoms with Crippen molar-refractivity contribution >= 4 is 17.5 Å². The Morgan fingerprint density at radius 3 is 2.87 bits per heavy atom. The molecule has 3 N–H and O–H groups in total. The molecule has 0 unspecified atom stereocenters. The van der Waals surface area contributed by atoms with Crippen molar-refractivity contribution in [1.29, 1.82) is 0 Å². The molecule has 0 radical (unpaired) electrons. The van der Waals surface area contributed by atoms with Gasteiger partial charge in [0, 0.05) is 37.1 Å². The van der Waals surface area contributed by atoms with Crippen molar-refractivity contribution in [1.82, 2.24) is 20.2 Å². The molecule has 152 valence electrons. The third-order valence-electron chi connectivity index (χ3n) is 5.60. The number of nitrogens with one attached hydrogen (secondary N) is 2. The van der Waals surface area contributed by atoms with E-state index >= 15 is 0 Å². The van der Waals surface area contributed by atoms with Crippen molar-refractivity contribution in [2.45, 2.75) is 31.7 Å². The van der Waals surface area contributed by atoms with Gasteiger partial charge >= 0.3 is 0 Å². The van der Waals surface area contributed by atoms with Gasteiger partial charge in [-0.25, -0.2) is 9.97 Å². The molecular weight excluding hydrogens is 378 g/mol. The smallest absolute Gasteiger partial charge is 0.237 e. The van der Waals surface area contributed by atoms with Gasteiger partial charge in [-0.15, -0.1) is 0 Å². The van der Waals surface area contributed by atoms with Gasteiger partial charge in [0.2, 0.25) is 11.9 Å². The number of hydrogen-bond donors (Lipinski definition) is 3. The molecule has 7 nitrogen and oxygen atoms in total. The number of amides is 1. The van der Waals surface area contributed by atoms with E-state index < -0.39 is 6.10 Å². The summed E-state index contributed by atoms with van der Waals surface area (Å²) in [6.07, 6.45) is 1.69. The van der Waals surface area contributed by atoms with Gasteiger partial charge in [-0.05, 0) is 41.8 Å². The number of hydrogen-bond acceptors (Lipinski definition) is 6. The van der Waals surface area contributed by atoms with Gasteiger partial charge in [0.05, 0.1) is 17.8 Å². The molecule has 6 bridgehead atoms. The second-order valence-electron chi connectivity index (χ2n) is 7.84. The molecule has 1 saturated heterocycles. The molecule has 7 heteroatoms. The lowest BCUT2D eigenvalue weighted by atomic mass is 10.1. The second-order valence-corrected chi connectivity index (χ2v) is 7.84. The number of anilines is 2. The summed E-state index contributed by atoms with van der Waals surface area (Å²) in [6.45, 7) is 1.50. The third kappa shape index (κ3) is 3.90. The maximum Gasteiger partial charge on any atom is 0.237 e. The van der Waals surface area contributed by atoms with Gasteiger partial charge in [-0.3, -0.25) is 9.69 Å². The summed E-state index contributed by atoms with van der Waals surface area (Å²) in [6, 6.07) is 17.5. The van der Waals surface area contributed by atoms with Crippen LogP contribution in [0.1, 0.15) is 17.5 Å². The molecule has 0 spiro atoms. The minimum atomic E-state index is -0.498. The summed E-state index contributed by atoms with van der Waals surface area (Å²) >= 11 is 0. The predicted molar refractivity (Wildman–Crippen MR) is 114 cm³/mol. The Morgan fingerprint density at radius 1 is 1.07 bits per heavy atom. The monoisotopic (exact) mass is 401 g/mol. The number of aromatic nitrogens is 2. The van der Waals surface area contributed by atoms with E-state index in [2.05, 4.69) is 20.6 Å². The summed E-state index contributed by atoms with van der Waals surface area (Å²) in [5.74, 6) is 0.479. The SMILES string of the molecule is O=C1NCc2cccc(c2)-c2ccnc(n2)Nc2cccc(c2)CN2C[C@@H](O)C[C@@H]12. The molecule has 0 aliphatic carbocycles. The van der Waals surface area contributed by atoms with Crippen LogP contribution in [0.5, 0.6) is 0 Å². The van der Waals surface area contributed by atoms with E-state index in [1.54, 1.807) is 6.20 Å². The van der Waals surface area contributed by atoms with Crippen molar-refractivity contribution in [2.75, 3.05) is 11.9 Å². The van der Waals surface area contributed by atoms with Crippen LogP contribution in [0.15, 0.2) is 60.8 Å². The quantitative estimate of drug-likeness (QED) is 0.536. The summed E-state index contributed by atoms with van der Waals surface area (Å²) < 4.78 is 0. The largest absolute Gasteiger partial charge is 0.392 e. The minimum Gasteiger partial charge on any atom is -0.392 e. The van der Waals surface area contributed by atoms with E-state index in [1.165, 1.54) is 0 Å². The zero-order valence-electron chi connectivity index (χ0n) is 16.5. The molecule has 5 rings (SSSR count). The molecule has 2 atom stereocenters. The fourth-order valence-electron chi connectivity index (χ4n) is 4.17. The molecular formula is C23H23N5O2. The maximum absolute atomic E-state index is 12.9. The van der Waals surface area contributed by atoms with Gasteiger partial charge in [-0.2, -0.15) is 0 Å². The molecule has 0 saturated carbocycles. The fraction of sp³-hybridized carbons (Fsp3) is 0.261. The minimum absolute atomic E-state index is 0.0531. The summed E-state index contributed by atoms with van der Waals surface area (Å²) in [5.41, 5.74) is 4.71. The van der Waals surface area contributed by atoms with E-state index in [4.69, 9.17) is 0 Å². The van der Waals surface area contributed by atoms with Gasteiger partial charge in [0.15, 0.2) is 0 Å². The van der Waals surface area contributed by atoms with Crippen LogP contribution in [0, 0.1) is 0 Å².